The minimum absolute atomic E-state index is 0.479. The van der Waals surface area contributed by atoms with E-state index in [0.717, 1.165) is 16.1 Å². The molecule has 0 spiro atoms. The van der Waals surface area contributed by atoms with Gasteiger partial charge in [-0.3, -0.25) is 4.99 Å². The van der Waals surface area contributed by atoms with E-state index in [2.05, 4.69) is 35.3 Å². The molecule has 0 aliphatic heterocycles. The van der Waals surface area contributed by atoms with Crippen molar-refractivity contribution in [2.24, 2.45) is 27.8 Å². The molecular weight excluding hydrogens is 398 g/mol. The first kappa shape index (κ1) is 20.5. The fourth-order valence-corrected chi connectivity index (χ4v) is 5.08. The molecule has 30 heavy (non-hydrogen) atoms. The number of hydrogen-bond acceptors (Lipinski definition) is 6. The van der Waals surface area contributed by atoms with Crippen molar-refractivity contribution >= 4 is 17.6 Å². The van der Waals surface area contributed by atoms with E-state index >= 15 is 0 Å². The van der Waals surface area contributed by atoms with E-state index in [1.165, 1.54) is 12.8 Å². The normalized spacial score (nSPS) is 22.8. The molecule has 158 valence electrons. The zero-order valence-corrected chi connectivity index (χ0v) is 18.4. The number of benzene rings is 1. The molecule has 1 fully saturated rings. The molecule has 1 aromatic carbocycles. The summed E-state index contributed by atoms with van der Waals surface area (Å²) in [6, 6.07) is 3.87. The lowest BCUT2D eigenvalue weighted by Crippen LogP contribution is -2.15. The van der Waals surface area contributed by atoms with Crippen molar-refractivity contribution in [3.05, 3.63) is 47.1 Å². The van der Waals surface area contributed by atoms with Crippen LogP contribution in [0.25, 0.3) is 11.3 Å². The molecule has 2 aliphatic rings. The minimum Gasteiger partial charge on any atom is -0.493 e. The van der Waals surface area contributed by atoms with E-state index in [0.29, 0.717) is 41.5 Å². The van der Waals surface area contributed by atoms with Crippen LogP contribution in [0, 0.1) is 17.8 Å². The molecule has 6 nitrogen and oxygen atoms in total. The highest BCUT2D eigenvalue weighted by molar-refractivity contribution is 7.07. The smallest absolute Gasteiger partial charge is 0.206 e. The van der Waals surface area contributed by atoms with E-state index in [4.69, 9.17) is 19.3 Å². The summed E-state index contributed by atoms with van der Waals surface area (Å²) in [6.07, 6.45) is 11.0. The predicted molar refractivity (Wildman–Crippen MR) is 121 cm³/mol. The quantitative estimate of drug-likeness (QED) is 0.466. The van der Waals surface area contributed by atoms with Gasteiger partial charge in [0.15, 0.2) is 11.5 Å². The highest BCUT2D eigenvalue weighted by Crippen LogP contribution is 2.43. The third kappa shape index (κ3) is 3.81. The molecule has 2 aliphatic carbocycles. The second-order valence-electron chi connectivity index (χ2n) is 7.47. The standard InChI is InChI=1S/C23H27N3O3S/c1-5-8-24-23-26(25-13-18-10-15-6-7-16(18)9-15)19(14-30-23)17-11-20(27-2)22(29-4)21(12-17)28-3/h5-7,11-16,18H,1,8-10H2,2-4H3. The number of thiazole rings is 1. The number of ether oxygens (including phenoxy) is 3. The van der Waals surface area contributed by atoms with Crippen LogP contribution in [0.4, 0.5) is 0 Å². The summed E-state index contributed by atoms with van der Waals surface area (Å²) in [7, 11) is 4.84. The van der Waals surface area contributed by atoms with Crippen LogP contribution in [-0.4, -0.2) is 38.8 Å². The fraction of sp³-hybridized carbons (Fsp3) is 0.391. The number of fused-ring (bicyclic) bond motifs is 2. The van der Waals surface area contributed by atoms with Crippen LogP contribution in [0.5, 0.6) is 17.2 Å². The van der Waals surface area contributed by atoms with Crippen LogP contribution in [0.3, 0.4) is 0 Å². The second kappa shape index (κ2) is 8.92. The molecule has 7 heteroatoms. The molecule has 0 amide bonds. The Morgan fingerprint density at radius 1 is 1.13 bits per heavy atom. The molecule has 0 radical (unpaired) electrons. The molecule has 3 atom stereocenters. The minimum atomic E-state index is 0.479. The Morgan fingerprint density at radius 3 is 2.47 bits per heavy atom. The molecule has 2 aromatic rings. The second-order valence-corrected chi connectivity index (χ2v) is 8.30. The first-order valence-corrected chi connectivity index (χ1v) is 10.9. The number of hydrogen-bond donors (Lipinski definition) is 0. The highest BCUT2D eigenvalue weighted by Gasteiger charge is 2.34. The van der Waals surface area contributed by atoms with Crippen molar-refractivity contribution in [3.63, 3.8) is 0 Å². The van der Waals surface area contributed by atoms with Crippen LogP contribution >= 0.6 is 11.3 Å². The Kier molecular flexibility index (Phi) is 6.08. The first-order chi connectivity index (χ1) is 14.7. The lowest BCUT2D eigenvalue weighted by Gasteiger charge is -2.15. The van der Waals surface area contributed by atoms with Gasteiger partial charge in [-0.15, -0.1) is 17.9 Å². The van der Waals surface area contributed by atoms with Crippen molar-refractivity contribution in [1.82, 2.24) is 4.68 Å². The van der Waals surface area contributed by atoms with E-state index in [1.54, 1.807) is 38.7 Å². The van der Waals surface area contributed by atoms with Gasteiger partial charge in [-0.05, 0) is 36.8 Å². The molecule has 4 rings (SSSR count). The van der Waals surface area contributed by atoms with Gasteiger partial charge in [-0.25, -0.2) is 4.68 Å². The summed E-state index contributed by atoms with van der Waals surface area (Å²) in [6.45, 7) is 4.32. The molecule has 2 bridgehead atoms. The molecular formula is C23H27N3O3S. The summed E-state index contributed by atoms with van der Waals surface area (Å²) in [5.74, 6) is 3.58. The van der Waals surface area contributed by atoms with Crippen LogP contribution in [0.15, 0.2) is 52.4 Å². The fourth-order valence-electron chi connectivity index (χ4n) is 4.24. The Labute approximate surface area is 180 Å². The number of nitrogens with zero attached hydrogens (tertiary/aromatic N) is 3. The largest absolute Gasteiger partial charge is 0.493 e. The Bertz CT molecular complexity index is 1030. The number of allylic oxidation sites excluding steroid dienone is 2. The Hall–Kier alpha value is -2.80. The molecule has 1 saturated carbocycles. The summed E-state index contributed by atoms with van der Waals surface area (Å²) in [5, 5.41) is 6.93. The summed E-state index contributed by atoms with van der Waals surface area (Å²) < 4.78 is 18.4. The van der Waals surface area contributed by atoms with Gasteiger partial charge in [0, 0.05) is 23.1 Å². The van der Waals surface area contributed by atoms with Crippen LogP contribution in [0.2, 0.25) is 0 Å². The van der Waals surface area contributed by atoms with Crippen molar-refractivity contribution < 1.29 is 14.2 Å². The van der Waals surface area contributed by atoms with E-state index in [9.17, 15) is 0 Å². The maximum atomic E-state index is 5.53. The highest BCUT2D eigenvalue weighted by atomic mass is 32.1. The van der Waals surface area contributed by atoms with Crippen molar-refractivity contribution in [1.29, 1.82) is 0 Å². The maximum absolute atomic E-state index is 5.53. The lowest BCUT2D eigenvalue weighted by molar-refractivity contribution is 0.324. The summed E-state index contributed by atoms with van der Waals surface area (Å²) >= 11 is 1.55. The summed E-state index contributed by atoms with van der Waals surface area (Å²) in [5.41, 5.74) is 1.85. The third-order valence-corrected chi connectivity index (χ3v) is 6.56. The van der Waals surface area contributed by atoms with Crippen LogP contribution in [-0.2, 0) is 0 Å². The van der Waals surface area contributed by atoms with Gasteiger partial charge in [0.1, 0.15) is 0 Å². The van der Waals surface area contributed by atoms with Crippen LogP contribution < -0.4 is 19.0 Å². The van der Waals surface area contributed by atoms with Gasteiger partial charge < -0.3 is 14.2 Å². The molecule has 1 heterocycles. The number of methoxy groups -OCH3 is 3. The third-order valence-electron chi connectivity index (χ3n) is 5.71. The molecule has 1 aromatic heterocycles. The molecule has 0 N–H and O–H groups in total. The van der Waals surface area contributed by atoms with Crippen molar-refractivity contribution in [2.75, 3.05) is 27.9 Å². The molecule has 0 saturated heterocycles. The van der Waals surface area contributed by atoms with Crippen molar-refractivity contribution in [2.45, 2.75) is 12.8 Å². The Balaban J connectivity index is 1.78. The first-order valence-electron chi connectivity index (χ1n) is 10.0. The Morgan fingerprint density at radius 2 is 1.90 bits per heavy atom. The number of aromatic nitrogens is 1. The maximum Gasteiger partial charge on any atom is 0.206 e. The van der Waals surface area contributed by atoms with Gasteiger partial charge >= 0.3 is 0 Å². The van der Waals surface area contributed by atoms with E-state index < -0.39 is 0 Å². The molecule has 3 unspecified atom stereocenters. The van der Waals surface area contributed by atoms with Gasteiger partial charge in [-0.2, -0.15) is 5.10 Å². The van der Waals surface area contributed by atoms with Gasteiger partial charge in [0.25, 0.3) is 0 Å². The predicted octanol–water partition coefficient (Wildman–Crippen LogP) is 4.38. The summed E-state index contributed by atoms with van der Waals surface area (Å²) in [4.78, 5) is 5.46. The van der Waals surface area contributed by atoms with E-state index in [1.807, 2.05) is 16.8 Å². The monoisotopic (exact) mass is 425 g/mol. The van der Waals surface area contributed by atoms with Crippen molar-refractivity contribution in [3.8, 4) is 28.5 Å². The van der Waals surface area contributed by atoms with E-state index in [-0.39, 0.29) is 0 Å². The van der Waals surface area contributed by atoms with Crippen LogP contribution in [0.1, 0.15) is 12.8 Å². The van der Waals surface area contributed by atoms with Gasteiger partial charge in [-0.1, -0.05) is 18.2 Å². The topological polar surface area (TPSA) is 57.3 Å². The number of rotatable bonds is 8. The van der Waals surface area contributed by atoms with Gasteiger partial charge in [0.05, 0.1) is 33.6 Å². The average molecular weight is 426 g/mol. The zero-order chi connectivity index (χ0) is 21.1. The average Bonchev–Trinajstić information content (AvgIpc) is 3.50. The SMILES string of the molecule is C=CCN=c1scc(-c2cc(OC)c(OC)c(OC)c2)n1N=CC1CC2C=CC1C2. The lowest BCUT2D eigenvalue weighted by atomic mass is 9.95. The van der Waals surface area contributed by atoms with Gasteiger partial charge in [0.2, 0.25) is 10.6 Å². The zero-order valence-electron chi connectivity index (χ0n) is 17.6.